The second kappa shape index (κ2) is 7.47. The first-order valence-electron chi connectivity index (χ1n) is 10.6. The number of carbonyl (C=O) groups excluding carboxylic acids is 1. The Morgan fingerprint density at radius 1 is 1.10 bits per heavy atom. The van der Waals surface area contributed by atoms with E-state index < -0.39 is 0 Å². The number of aromatic nitrogens is 1. The van der Waals surface area contributed by atoms with Crippen molar-refractivity contribution in [2.45, 2.75) is 32.6 Å². The zero-order chi connectivity index (χ0) is 19.8. The molecule has 2 heterocycles. The van der Waals surface area contributed by atoms with Crippen molar-refractivity contribution in [3.63, 3.8) is 0 Å². The minimum atomic E-state index is 0.325. The molecule has 1 fully saturated rings. The van der Waals surface area contributed by atoms with E-state index in [2.05, 4.69) is 60.4 Å². The largest absolute Gasteiger partial charge is 0.338 e. The molecule has 0 unspecified atom stereocenters. The Balaban J connectivity index is 1.30. The van der Waals surface area contributed by atoms with Crippen LogP contribution in [0.2, 0.25) is 0 Å². The van der Waals surface area contributed by atoms with Gasteiger partial charge in [-0.1, -0.05) is 54.1 Å². The Hall–Kier alpha value is -2.94. The van der Waals surface area contributed by atoms with Crippen molar-refractivity contribution < 1.29 is 4.79 Å². The fourth-order valence-corrected chi connectivity index (χ4v) is 4.33. The second-order valence-electron chi connectivity index (χ2n) is 8.36. The lowest BCUT2D eigenvalue weighted by Crippen LogP contribution is -2.36. The maximum Gasteiger partial charge on any atom is 0.225 e. The highest BCUT2D eigenvalue weighted by Crippen LogP contribution is 2.32. The Morgan fingerprint density at radius 3 is 2.66 bits per heavy atom. The molecule has 29 heavy (non-hydrogen) atoms. The third-order valence-corrected chi connectivity index (χ3v) is 6.27. The molecule has 0 N–H and O–H groups in total. The third kappa shape index (κ3) is 3.69. The van der Waals surface area contributed by atoms with Gasteiger partial charge in [0.15, 0.2) is 0 Å². The van der Waals surface area contributed by atoms with Crippen molar-refractivity contribution in [1.82, 2.24) is 9.88 Å². The fourth-order valence-electron chi connectivity index (χ4n) is 4.33. The summed E-state index contributed by atoms with van der Waals surface area (Å²) in [6, 6.07) is 17.4. The average molecular weight is 383 g/mol. The van der Waals surface area contributed by atoms with Gasteiger partial charge in [-0.05, 0) is 60.9 Å². The minimum absolute atomic E-state index is 0.325. The van der Waals surface area contributed by atoms with Gasteiger partial charge in [-0.25, -0.2) is 0 Å². The molecule has 3 aromatic rings. The predicted octanol–water partition coefficient (Wildman–Crippen LogP) is 5.32. The van der Waals surface area contributed by atoms with Crippen LogP contribution in [-0.2, 0) is 11.2 Å². The van der Waals surface area contributed by atoms with Crippen LogP contribution in [0.1, 0.15) is 30.4 Å². The van der Waals surface area contributed by atoms with Gasteiger partial charge in [0.25, 0.3) is 0 Å². The number of aryl methyl sites for hydroxylation is 1. The van der Waals surface area contributed by atoms with E-state index in [-0.39, 0.29) is 0 Å². The van der Waals surface area contributed by atoms with E-state index in [4.69, 9.17) is 0 Å². The molecule has 5 rings (SSSR count). The molecule has 1 aliphatic carbocycles. The summed E-state index contributed by atoms with van der Waals surface area (Å²) in [6.45, 7) is 3.81. The van der Waals surface area contributed by atoms with Gasteiger partial charge in [-0.15, -0.1) is 0 Å². The number of pyridine rings is 1. The SMILES string of the molecule is Cc1c(-c2ccc(CC3=CCN(C(=O)C4CC4)CC3)cc2)ccc2cccnc12. The van der Waals surface area contributed by atoms with E-state index in [0.29, 0.717) is 11.8 Å². The van der Waals surface area contributed by atoms with Gasteiger partial charge in [0.2, 0.25) is 5.91 Å². The molecule has 0 radical (unpaired) electrons. The van der Waals surface area contributed by atoms with Crippen LogP contribution in [0.4, 0.5) is 0 Å². The Kier molecular flexibility index (Phi) is 4.67. The zero-order valence-electron chi connectivity index (χ0n) is 16.9. The normalized spacial score (nSPS) is 16.7. The van der Waals surface area contributed by atoms with Crippen molar-refractivity contribution in [1.29, 1.82) is 0 Å². The van der Waals surface area contributed by atoms with Crippen molar-refractivity contribution in [3.8, 4) is 11.1 Å². The van der Waals surface area contributed by atoms with E-state index in [9.17, 15) is 4.79 Å². The van der Waals surface area contributed by atoms with Crippen LogP contribution in [0, 0.1) is 12.8 Å². The van der Waals surface area contributed by atoms with Crippen LogP contribution in [-0.4, -0.2) is 28.9 Å². The molecule has 0 spiro atoms. The summed E-state index contributed by atoms with van der Waals surface area (Å²) in [6.07, 6.45) is 8.27. The molecule has 1 aromatic heterocycles. The van der Waals surface area contributed by atoms with E-state index >= 15 is 0 Å². The molecule has 1 aliphatic heterocycles. The van der Waals surface area contributed by atoms with Gasteiger partial charge in [0, 0.05) is 30.6 Å². The molecule has 2 aliphatic rings. The Morgan fingerprint density at radius 2 is 1.93 bits per heavy atom. The molecule has 2 aromatic carbocycles. The van der Waals surface area contributed by atoms with Crippen LogP contribution in [0.25, 0.3) is 22.0 Å². The standard InChI is InChI=1S/C26H26N2O/c1-18-24(11-10-22-3-2-14-27-25(18)22)21-6-4-19(5-7-21)17-20-12-15-28(16-13-20)26(29)23-8-9-23/h2-7,10-12,14,23H,8-9,13,15-17H2,1H3. The molecule has 3 nitrogen and oxygen atoms in total. The molecular weight excluding hydrogens is 356 g/mol. The first-order valence-corrected chi connectivity index (χ1v) is 10.6. The van der Waals surface area contributed by atoms with Crippen molar-refractivity contribution in [3.05, 3.63) is 77.5 Å². The number of nitrogens with zero attached hydrogens (tertiary/aromatic N) is 2. The first kappa shape index (κ1) is 18.1. The van der Waals surface area contributed by atoms with Crippen molar-refractivity contribution in [2.24, 2.45) is 5.92 Å². The zero-order valence-corrected chi connectivity index (χ0v) is 16.9. The van der Waals surface area contributed by atoms with Crippen LogP contribution < -0.4 is 0 Å². The molecular formula is C26H26N2O. The molecule has 3 heteroatoms. The van der Waals surface area contributed by atoms with Crippen LogP contribution in [0.15, 0.2) is 66.4 Å². The molecule has 0 atom stereocenters. The summed E-state index contributed by atoms with van der Waals surface area (Å²) in [5, 5.41) is 1.18. The van der Waals surface area contributed by atoms with Gasteiger partial charge in [-0.3, -0.25) is 9.78 Å². The minimum Gasteiger partial charge on any atom is -0.338 e. The van der Waals surface area contributed by atoms with E-state index in [1.807, 2.05) is 17.2 Å². The first-order chi connectivity index (χ1) is 14.2. The number of amides is 1. The lowest BCUT2D eigenvalue weighted by Gasteiger charge is -2.26. The monoisotopic (exact) mass is 382 g/mol. The molecule has 146 valence electrons. The summed E-state index contributed by atoms with van der Waals surface area (Å²) in [4.78, 5) is 18.8. The van der Waals surface area contributed by atoms with Gasteiger partial charge >= 0.3 is 0 Å². The van der Waals surface area contributed by atoms with Gasteiger partial charge in [0.1, 0.15) is 0 Å². The predicted molar refractivity (Wildman–Crippen MR) is 118 cm³/mol. The summed E-state index contributed by atoms with van der Waals surface area (Å²) in [5.41, 5.74) is 7.56. The van der Waals surface area contributed by atoms with Gasteiger partial charge in [0.05, 0.1) is 5.52 Å². The van der Waals surface area contributed by atoms with Crippen LogP contribution in [0.5, 0.6) is 0 Å². The second-order valence-corrected chi connectivity index (χ2v) is 8.36. The van der Waals surface area contributed by atoms with E-state index in [1.54, 1.807) is 0 Å². The quantitative estimate of drug-likeness (QED) is 0.572. The van der Waals surface area contributed by atoms with E-state index in [0.717, 1.165) is 44.3 Å². The molecule has 0 saturated heterocycles. The summed E-state index contributed by atoms with van der Waals surface area (Å²) in [5.74, 6) is 0.691. The smallest absolute Gasteiger partial charge is 0.225 e. The number of fused-ring (bicyclic) bond motifs is 1. The highest BCUT2D eigenvalue weighted by atomic mass is 16.2. The Bertz CT molecular complexity index is 1090. The number of hydrogen-bond acceptors (Lipinski definition) is 2. The fraction of sp³-hybridized carbons (Fsp3) is 0.308. The lowest BCUT2D eigenvalue weighted by molar-refractivity contribution is -0.132. The number of hydrogen-bond donors (Lipinski definition) is 0. The summed E-state index contributed by atoms with van der Waals surface area (Å²) >= 11 is 0. The Labute approximate surface area is 172 Å². The maximum absolute atomic E-state index is 12.2. The topological polar surface area (TPSA) is 33.2 Å². The number of carbonyl (C=O) groups is 1. The van der Waals surface area contributed by atoms with Crippen molar-refractivity contribution in [2.75, 3.05) is 13.1 Å². The highest BCUT2D eigenvalue weighted by Gasteiger charge is 2.33. The van der Waals surface area contributed by atoms with E-state index in [1.165, 1.54) is 33.2 Å². The third-order valence-electron chi connectivity index (χ3n) is 6.27. The maximum atomic E-state index is 12.2. The van der Waals surface area contributed by atoms with Gasteiger partial charge in [-0.2, -0.15) is 0 Å². The van der Waals surface area contributed by atoms with Crippen molar-refractivity contribution >= 4 is 16.8 Å². The molecule has 1 saturated carbocycles. The molecule has 1 amide bonds. The number of rotatable bonds is 4. The molecule has 0 bridgehead atoms. The number of benzene rings is 2. The van der Waals surface area contributed by atoms with Crippen LogP contribution >= 0.6 is 0 Å². The summed E-state index contributed by atoms with van der Waals surface area (Å²) < 4.78 is 0. The van der Waals surface area contributed by atoms with Gasteiger partial charge < -0.3 is 4.90 Å². The lowest BCUT2D eigenvalue weighted by atomic mass is 9.94. The average Bonchev–Trinajstić information content (AvgIpc) is 3.61. The summed E-state index contributed by atoms with van der Waals surface area (Å²) in [7, 11) is 0. The van der Waals surface area contributed by atoms with Crippen LogP contribution in [0.3, 0.4) is 0 Å². The highest BCUT2D eigenvalue weighted by molar-refractivity contribution is 5.88.